The minimum atomic E-state index is -0.134. The third-order valence-corrected chi connectivity index (χ3v) is 3.61. The summed E-state index contributed by atoms with van der Waals surface area (Å²) < 4.78 is 0. The highest BCUT2D eigenvalue weighted by atomic mass is 16.2. The van der Waals surface area contributed by atoms with E-state index in [2.05, 4.69) is 28.4 Å². The van der Waals surface area contributed by atoms with Crippen LogP contribution in [0.4, 0.5) is 11.5 Å². The Morgan fingerprint density at radius 2 is 2.14 bits per heavy atom. The van der Waals surface area contributed by atoms with Crippen LogP contribution in [0.2, 0.25) is 0 Å². The van der Waals surface area contributed by atoms with E-state index < -0.39 is 0 Å². The molecule has 0 saturated heterocycles. The molecule has 1 amide bonds. The number of hydrogen-bond donors (Lipinski definition) is 2. The second-order valence-corrected chi connectivity index (χ2v) is 5.28. The van der Waals surface area contributed by atoms with Gasteiger partial charge in [0.15, 0.2) is 5.82 Å². The Kier molecular flexibility index (Phi) is 3.53. The van der Waals surface area contributed by atoms with Crippen LogP contribution in [0.1, 0.15) is 23.0 Å². The summed E-state index contributed by atoms with van der Waals surface area (Å²) in [7, 11) is 0. The van der Waals surface area contributed by atoms with Gasteiger partial charge in [-0.1, -0.05) is 25.1 Å². The van der Waals surface area contributed by atoms with Crippen molar-refractivity contribution in [3.63, 3.8) is 0 Å². The number of hydrazine groups is 1. The zero-order chi connectivity index (χ0) is 14.8. The monoisotopic (exact) mass is 283 g/mol. The van der Waals surface area contributed by atoms with Gasteiger partial charge in [-0.2, -0.15) is 0 Å². The molecule has 1 aromatic heterocycles. The molecule has 0 fully saturated rings. The summed E-state index contributed by atoms with van der Waals surface area (Å²) in [4.78, 5) is 22.6. The van der Waals surface area contributed by atoms with Gasteiger partial charge in [0.25, 0.3) is 5.91 Å². The maximum atomic E-state index is 12.7. The lowest BCUT2D eigenvalue weighted by Gasteiger charge is -2.32. The number of carbonyl (C=O) groups excluding carboxylic acids is 1. The average molecular weight is 283 g/mol. The molecule has 1 aromatic carbocycles. The fraction of sp³-hybridized carbons (Fsp3) is 0.267. The minimum absolute atomic E-state index is 0.134. The van der Waals surface area contributed by atoms with E-state index in [-0.39, 0.29) is 5.91 Å². The highest BCUT2D eigenvalue weighted by Crippen LogP contribution is 2.30. The molecule has 0 bridgehead atoms. The summed E-state index contributed by atoms with van der Waals surface area (Å²) in [6, 6.07) is 7.99. The molecule has 0 radical (unpaired) electrons. The van der Waals surface area contributed by atoms with Gasteiger partial charge in [0.05, 0.1) is 12.4 Å². The molecule has 21 heavy (non-hydrogen) atoms. The van der Waals surface area contributed by atoms with Crippen molar-refractivity contribution in [1.82, 2.24) is 9.97 Å². The van der Waals surface area contributed by atoms with Crippen LogP contribution < -0.4 is 16.2 Å². The van der Waals surface area contributed by atoms with Crippen LogP contribution in [0.5, 0.6) is 0 Å². The van der Waals surface area contributed by atoms with Crippen LogP contribution in [-0.2, 0) is 6.42 Å². The quantitative estimate of drug-likeness (QED) is 0.646. The van der Waals surface area contributed by atoms with E-state index in [0.29, 0.717) is 24.0 Å². The first-order chi connectivity index (χ1) is 10.2. The standard InChI is InChI=1S/C15H17N5O/c1-10-6-11-4-2-3-5-13(11)20(9-10)15(21)12-7-18-14(19-16)8-17-12/h2-5,7-8,10H,6,9,16H2,1H3,(H,18,19). The third kappa shape index (κ3) is 2.57. The Bertz CT molecular complexity index is 655. The Morgan fingerprint density at radius 3 is 2.86 bits per heavy atom. The number of benzene rings is 1. The highest BCUT2D eigenvalue weighted by molar-refractivity contribution is 6.05. The lowest BCUT2D eigenvalue weighted by molar-refractivity contribution is 0.0976. The predicted molar refractivity (Wildman–Crippen MR) is 80.8 cm³/mol. The zero-order valence-corrected chi connectivity index (χ0v) is 11.8. The molecule has 6 nitrogen and oxygen atoms in total. The summed E-state index contributed by atoms with van der Waals surface area (Å²) >= 11 is 0. The molecule has 0 saturated carbocycles. The van der Waals surface area contributed by atoms with Gasteiger partial charge in [-0.05, 0) is 24.0 Å². The molecule has 3 rings (SSSR count). The van der Waals surface area contributed by atoms with Crippen LogP contribution >= 0.6 is 0 Å². The van der Waals surface area contributed by atoms with E-state index in [0.717, 1.165) is 12.1 Å². The summed E-state index contributed by atoms with van der Waals surface area (Å²) in [5.74, 6) is 5.97. The van der Waals surface area contributed by atoms with Crippen molar-refractivity contribution in [3.8, 4) is 0 Å². The number of para-hydroxylation sites is 1. The molecule has 108 valence electrons. The molecule has 6 heteroatoms. The number of hydrogen-bond acceptors (Lipinski definition) is 5. The Morgan fingerprint density at radius 1 is 1.33 bits per heavy atom. The fourth-order valence-corrected chi connectivity index (χ4v) is 2.64. The van der Waals surface area contributed by atoms with E-state index in [9.17, 15) is 4.79 Å². The van der Waals surface area contributed by atoms with Gasteiger partial charge in [0.2, 0.25) is 0 Å². The predicted octanol–water partition coefficient (Wildman–Crippen LogP) is 1.60. The van der Waals surface area contributed by atoms with Crippen molar-refractivity contribution in [1.29, 1.82) is 0 Å². The van der Waals surface area contributed by atoms with Crippen LogP contribution in [0.15, 0.2) is 36.7 Å². The number of nitrogens with one attached hydrogen (secondary N) is 1. The van der Waals surface area contributed by atoms with Crippen LogP contribution in [-0.4, -0.2) is 22.4 Å². The van der Waals surface area contributed by atoms with E-state index in [4.69, 9.17) is 5.84 Å². The number of carbonyl (C=O) groups is 1. The second kappa shape index (κ2) is 5.49. The molecule has 0 aliphatic carbocycles. The van der Waals surface area contributed by atoms with E-state index in [1.54, 1.807) is 4.90 Å². The third-order valence-electron chi connectivity index (χ3n) is 3.61. The molecule has 1 aliphatic rings. The second-order valence-electron chi connectivity index (χ2n) is 5.28. The summed E-state index contributed by atoms with van der Waals surface area (Å²) in [6.07, 6.45) is 3.88. The van der Waals surface area contributed by atoms with E-state index >= 15 is 0 Å². The molecule has 1 aliphatic heterocycles. The number of nitrogen functional groups attached to an aromatic ring is 1. The first-order valence-electron chi connectivity index (χ1n) is 6.87. The Balaban J connectivity index is 1.93. The van der Waals surface area contributed by atoms with Gasteiger partial charge in [-0.15, -0.1) is 0 Å². The lowest BCUT2D eigenvalue weighted by atomic mass is 9.94. The van der Waals surface area contributed by atoms with E-state index in [1.807, 2.05) is 18.2 Å². The van der Waals surface area contributed by atoms with Crippen molar-refractivity contribution >= 4 is 17.4 Å². The van der Waals surface area contributed by atoms with Gasteiger partial charge >= 0.3 is 0 Å². The van der Waals surface area contributed by atoms with E-state index in [1.165, 1.54) is 18.0 Å². The van der Waals surface area contributed by atoms with Gasteiger partial charge in [0.1, 0.15) is 5.69 Å². The molecular weight excluding hydrogens is 266 g/mol. The summed E-state index contributed by atoms with van der Waals surface area (Å²) in [5.41, 5.74) is 4.87. The van der Waals surface area contributed by atoms with Crippen LogP contribution in [0, 0.1) is 5.92 Å². The molecule has 0 spiro atoms. The maximum Gasteiger partial charge on any atom is 0.278 e. The van der Waals surface area contributed by atoms with Crippen molar-refractivity contribution in [2.24, 2.45) is 11.8 Å². The smallest absolute Gasteiger partial charge is 0.278 e. The Labute approximate surface area is 123 Å². The van der Waals surface area contributed by atoms with Crippen LogP contribution in [0.3, 0.4) is 0 Å². The number of nitrogens with zero attached hydrogens (tertiary/aromatic N) is 3. The number of fused-ring (bicyclic) bond motifs is 1. The van der Waals surface area contributed by atoms with Crippen molar-refractivity contribution in [2.75, 3.05) is 16.9 Å². The first kappa shape index (κ1) is 13.5. The first-order valence-corrected chi connectivity index (χ1v) is 6.87. The maximum absolute atomic E-state index is 12.7. The minimum Gasteiger partial charge on any atom is -0.307 e. The topological polar surface area (TPSA) is 84.1 Å². The lowest BCUT2D eigenvalue weighted by Crippen LogP contribution is -2.39. The van der Waals surface area contributed by atoms with Crippen molar-refractivity contribution in [2.45, 2.75) is 13.3 Å². The SMILES string of the molecule is CC1Cc2ccccc2N(C(=O)c2cnc(NN)cn2)C1. The molecule has 2 heterocycles. The molecule has 1 atom stereocenters. The Hall–Kier alpha value is -2.47. The largest absolute Gasteiger partial charge is 0.307 e. The van der Waals surface area contributed by atoms with Gasteiger partial charge in [0, 0.05) is 12.2 Å². The molecule has 2 aromatic rings. The average Bonchev–Trinajstić information content (AvgIpc) is 2.53. The number of nitrogens with two attached hydrogens (primary N) is 1. The summed E-state index contributed by atoms with van der Waals surface area (Å²) in [6.45, 7) is 2.83. The fourth-order valence-electron chi connectivity index (χ4n) is 2.64. The number of rotatable bonds is 2. The van der Waals surface area contributed by atoms with Gasteiger partial charge in [-0.25, -0.2) is 15.8 Å². The van der Waals surface area contributed by atoms with Crippen molar-refractivity contribution < 1.29 is 4.79 Å². The number of aromatic nitrogens is 2. The normalized spacial score (nSPS) is 17.2. The molecule has 1 unspecified atom stereocenters. The highest BCUT2D eigenvalue weighted by Gasteiger charge is 2.27. The molecular formula is C15H17N5O. The molecule has 3 N–H and O–H groups in total. The number of amides is 1. The van der Waals surface area contributed by atoms with Gasteiger partial charge in [-0.3, -0.25) is 4.79 Å². The van der Waals surface area contributed by atoms with Crippen LogP contribution in [0.25, 0.3) is 0 Å². The van der Waals surface area contributed by atoms with Gasteiger partial charge < -0.3 is 10.3 Å². The van der Waals surface area contributed by atoms with Crippen molar-refractivity contribution in [3.05, 3.63) is 47.9 Å². The zero-order valence-electron chi connectivity index (χ0n) is 11.8. The number of anilines is 2. The summed E-state index contributed by atoms with van der Waals surface area (Å²) in [5, 5.41) is 0.